The van der Waals surface area contributed by atoms with Crippen LogP contribution in [0.15, 0.2) is 16.5 Å². The molecule has 0 radical (unpaired) electrons. The number of nitrogens with two attached hydrogens (primary N) is 1. The van der Waals surface area contributed by atoms with Crippen molar-refractivity contribution in [2.24, 2.45) is 11.1 Å². The van der Waals surface area contributed by atoms with Crippen LogP contribution in [-0.4, -0.2) is 19.0 Å². The maximum atomic E-state index is 12.0. The van der Waals surface area contributed by atoms with Gasteiger partial charge in [-0.2, -0.15) is 0 Å². The Bertz CT molecular complexity index is 388. The van der Waals surface area contributed by atoms with E-state index in [0.29, 0.717) is 13.1 Å². The van der Waals surface area contributed by atoms with Crippen LogP contribution in [0.1, 0.15) is 30.8 Å². The van der Waals surface area contributed by atoms with Gasteiger partial charge in [-0.3, -0.25) is 4.79 Å². The number of furan rings is 1. The van der Waals surface area contributed by atoms with Gasteiger partial charge >= 0.3 is 0 Å². The summed E-state index contributed by atoms with van der Waals surface area (Å²) in [6, 6.07) is 3.88. The van der Waals surface area contributed by atoms with Crippen molar-refractivity contribution in [3.63, 3.8) is 0 Å². The summed E-state index contributed by atoms with van der Waals surface area (Å²) in [5, 5.41) is 2.96. The van der Waals surface area contributed by atoms with Gasteiger partial charge < -0.3 is 15.5 Å². The number of nitrogens with one attached hydrogen (secondary N) is 1. The monoisotopic (exact) mass is 236 g/mol. The molecule has 94 valence electrons. The summed E-state index contributed by atoms with van der Waals surface area (Å²) in [6.45, 7) is 2.99. The second-order valence-electron chi connectivity index (χ2n) is 4.86. The molecule has 0 bridgehead atoms. The molecular weight excluding hydrogens is 216 g/mol. The fraction of sp³-hybridized carbons (Fsp3) is 0.615. The van der Waals surface area contributed by atoms with Gasteiger partial charge in [-0.1, -0.05) is 6.42 Å². The first-order chi connectivity index (χ1) is 8.16. The minimum Gasteiger partial charge on any atom is -0.466 e. The quantitative estimate of drug-likeness (QED) is 0.811. The van der Waals surface area contributed by atoms with Crippen molar-refractivity contribution in [2.45, 2.75) is 32.6 Å². The van der Waals surface area contributed by atoms with Gasteiger partial charge in [-0.15, -0.1) is 0 Å². The first-order valence-electron chi connectivity index (χ1n) is 6.20. The zero-order valence-electron chi connectivity index (χ0n) is 10.3. The minimum atomic E-state index is -0.279. The molecule has 4 nitrogen and oxygen atoms in total. The van der Waals surface area contributed by atoms with Crippen molar-refractivity contribution >= 4 is 5.91 Å². The highest BCUT2D eigenvalue weighted by molar-refractivity contribution is 5.83. The van der Waals surface area contributed by atoms with Gasteiger partial charge in [0, 0.05) is 19.5 Å². The molecule has 1 aliphatic rings. The number of rotatable bonds is 5. The number of carbonyl (C=O) groups is 1. The minimum absolute atomic E-state index is 0.106. The van der Waals surface area contributed by atoms with Gasteiger partial charge in [0.25, 0.3) is 0 Å². The van der Waals surface area contributed by atoms with Crippen LogP contribution in [0.4, 0.5) is 0 Å². The normalized spacial score (nSPS) is 17.5. The SMILES string of the molecule is Cc1ccc(CCNC(=O)C2(CN)CCC2)o1. The lowest BCUT2D eigenvalue weighted by Crippen LogP contribution is -2.50. The highest BCUT2D eigenvalue weighted by Crippen LogP contribution is 2.39. The van der Waals surface area contributed by atoms with Gasteiger partial charge in [0.05, 0.1) is 5.41 Å². The molecule has 0 spiro atoms. The Kier molecular flexibility index (Phi) is 3.52. The maximum absolute atomic E-state index is 12.0. The van der Waals surface area contributed by atoms with Crippen molar-refractivity contribution in [1.82, 2.24) is 5.32 Å². The van der Waals surface area contributed by atoms with E-state index in [-0.39, 0.29) is 11.3 Å². The largest absolute Gasteiger partial charge is 0.466 e. The Labute approximate surface area is 102 Å². The van der Waals surface area contributed by atoms with E-state index in [0.717, 1.165) is 37.2 Å². The predicted octanol–water partition coefficient (Wildman–Crippen LogP) is 1.38. The van der Waals surface area contributed by atoms with E-state index in [4.69, 9.17) is 10.2 Å². The molecule has 2 rings (SSSR count). The molecule has 0 unspecified atom stereocenters. The highest BCUT2D eigenvalue weighted by atomic mass is 16.3. The van der Waals surface area contributed by atoms with Crippen LogP contribution in [0.25, 0.3) is 0 Å². The lowest BCUT2D eigenvalue weighted by molar-refractivity contribution is -0.135. The van der Waals surface area contributed by atoms with Crippen molar-refractivity contribution in [2.75, 3.05) is 13.1 Å². The van der Waals surface area contributed by atoms with E-state index in [9.17, 15) is 4.79 Å². The molecule has 1 aromatic rings. The van der Waals surface area contributed by atoms with Crippen LogP contribution in [0, 0.1) is 12.3 Å². The topological polar surface area (TPSA) is 68.3 Å². The first kappa shape index (κ1) is 12.2. The van der Waals surface area contributed by atoms with Gasteiger partial charge in [0.2, 0.25) is 5.91 Å². The van der Waals surface area contributed by atoms with Crippen molar-refractivity contribution in [3.8, 4) is 0 Å². The number of amides is 1. The molecule has 1 aromatic heterocycles. The molecule has 1 amide bonds. The molecule has 1 aliphatic carbocycles. The lowest BCUT2D eigenvalue weighted by Gasteiger charge is -2.39. The number of carbonyl (C=O) groups excluding carboxylic acids is 1. The van der Waals surface area contributed by atoms with Gasteiger partial charge in [-0.05, 0) is 31.9 Å². The zero-order valence-corrected chi connectivity index (χ0v) is 10.3. The average Bonchev–Trinajstić information content (AvgIpc) is 2.63. The summed E-state index contributed by atoms with van der Waals surface area (Å²) in [4.78, 5) is 12.0. The summed E-state index contributed by atoms with van der Waals surface area (Å²) >= 11 is 0. The summed E-state index contributed by atoms with van der Waals surface area (Å²) in [6.07, 6.45) is 3.70. The van der Waals surface area contributed by atoms with E-state index in [1.165, 1.54) is 0 Å². The summed E-state index contributed by atoms with van der Waals surface area (Å²) in [5.41, 5.74) is 5.40. The predicted molar refractivity (Wildman–Crippen MR) is 65.5 cm³/mol. The molecule has 1 fully saturated rings. The number of hydrogen-bond donors (Lipinski definition) is 2. The van der Waals surface area contributed by atoms with E-state index < -0.39 is 0 Å². The molecule has 0 atom stereocenters. The third-order valence-corrected chi connectivity index (χ3v) is 3.64. The van der Waals surface area contributed by atoms with Crippen LogP contribution >= 0.6 is 0 Å². The number of hydrogen-bond acceptors (Lipinski definition) is 3. The lowest BCUT2D eigenvalue weighted by atomic mass is 9.68. The molecule has 1 saturated carbocycles. The van der Waals surface area contributed by atoms with Gasteiger partial charge in [0.1, 0.15) is 11.5 Å². The smallest absolute Gasteiger partial charge is 0.227 e. The van der Waals surface area contributed by atoms with E-state index >= 15 is 0 Å². The van der Waals surface area contributed by atoms with Crippen LogP contribution in [0.3, 0.4) is 0 Å². The Morgan fingerprint density at radius 3 is 2.76 bits per heavy atom. The summed E-state index contributed by atoms with van der Waals surface area (Å²) < 4.78 is 5.44. The fourth-order valence-electron chi connectivity index (χ4n) is 2.23. The van der Waals surface area contributed by atoms with E-state index in [1.54, 1.807) is 0 Å². The Morgan fingerprint density at radius 1 is 1.53 bits per heavy atom. The molecule has 0 aromatic carbocycles. The molecule has 0 saturated heterocycles. The van der Waals surface area contributed by atoms with Crippen molar-refractivity contribution < 1.29 is 9.21 Å². The van der Waals surface area contributed by atoms with Crippen LogP contribution in [0.2, 0.25) is 0 Å². The van der Waals surface area contributed by atoms with Gasteiger partial charge in [-0.25, -0.2) is 0 Å². The average molecular weight is 236 g/mol. The third-order valence-electron chi connectivity index (χ3n) is 3.64. The van der Waals surface area contributed by atoms with Gasteiger partial charge in [0.15, 0.2) is 0 Å². The molecule has 17 heavy (non-hydrogen) atoms. The second kappa shape index (κ2) is 4.92. The standard InChI is InChI=1S/C13H20N2O2/c1-10-3-4-11(17-10)5-8-15-12(16)13(9-14)6-2-7-13/h3-4H,2,5-9,14H2,1H3,(H,15,16). The number of aryl methyl sites for hydroxylation is 1. The maximum Gasteiger partial charge on any atom is 0.227 e. The third kappa shape index (κ3) is 2.52. The van der Waals surface area contributed by atoms with E-state index in [2.05, 4.69) is 5.32 Å². The molecule has 3 N–H and O–H groups in total. The molecule has 4 heteroatoms. The second-order valence-corrected chi connectivity index (χ2v) is 4.86. The van der Waals surface area contributed by atoms with Crippen molar-refractivity contribution in [3.05, 3.63) is 23.7 Å². The summed E-state index contributed by atoms with van der Waals surface area (Å²) in [7, 11) is 0. The fourth-order valence-corrected chi connectivity index (χ4v) is 2.23. The van der Waals surface area contributed by atoms with Crippen LogP contribution in [0.5, 0.6) is 0 Å². The Hall–Kier alpha value is -1.29. The summed E-state index contributed by atoms with van der Waals surface area (Å²) in [5.74, 6) is 1.93. The molecule has 1 heterocycles. The first-order valence-corrected chi connectivity index (χ1v) is 6.20. The zero-order chi connectivity index (χ0) is 12.3. The van der Waals surface area contributed by atoms with Crippen LogP contribution in [-0.2, 0) is 11.2 Å². The van der Waals surface area contributed by atoms with E-state index in [1.807, 2.05) is 19.1 Å². The van der Waals surface area contributed by atoms with Crippen molar-refractivity contribution in [1.29, 1.82) is 0 Å². The highest BCUT2D eigenvalue weighted by Gasteiger charge is 2.42. The Morgan fingerprint density at radius 2 is 2.29 bits per heavy atom. The Balaban J connectivity index is 1.77. The molecule has 0 aliphatic heterocycles. The molecular formula is C13H20N2O2. The van der Waals surface area contributed by atoms with Crippen LogP contribution < -0.4 is 11.1 Å².